The smallest absolute Gasteiger partial charge is 0.316 e. The maximum Gasteiger partial charge on any atom is 0.316 e. The highest BCUT2D eigenvalue weighted by Gasteiger charge is 2.18. The first kappa shape index (κ1) is 19.9. The van der Waals surface area contributed by atoms with Crippen molar-refractivity contribution in [2.24, 2.45) is 11.7 Å². The standard InChI is InChI=1S/C16H20N6O2.CH2O2/c1-8(2)11(6-23)20-14-12-9-4-3-5-10(21-16(17)24)13(9)22-15(12)19-7-18-14;2-1-3/h3-5,7-8,11,23H,6H2,1-2H3,(H3,17,21,24)(H2,18,19,20,22);1H,(H,2,3). The zero-order chi connectivity index (χ0) is 20.0. The first-order valence-electron chi connectivity index (χ1n) is 8.20. The number of amides is 2. The Labute approximate surface area is 154 Å². The number of H-pyrrole nitrogens is 1. The predicted molar refractivity (Wildman–Crippen MR) is 103 cm³/mol. The number of hydrogen-bond acceptors (Lipinski definition) is 6. The number of benzene rings is 1. The number of nitrogens with one attached hydrogen (secondary N) is 3. The fraction of sp³-hybridized carbons (Fsp3) is 0.294. The summed E-state index contributed by atoms with van der Waals surface area (Å²) in [6, 6.07) is 4.74. The molecule has 7 N–H and O–H groups in total. The van der Waals surface area contributed by atoms with Gasteiger partial charge in [-0.15, -0.1) is 0 Å². The van der Waals surface area contributed by atoms with Crippen LogP contribution in [0.1, 0.15) is 13.8 Å². The highest BCUT2D eigenvalue weighted by Crippen LogP contribution is 2.33. The van der Waals surface area contributed by atoms with Gasteiger partial charge in [-0.25, -0.2) is 14.8 Å². The summed E-state index contributed by atoms with van der Waals surface area (Å²) >= 11 is 0. The summed E-state index contributed by atoms with van der Waals surface area (Å²) in [6.07, 6.45) is 1.45. The number of primary amides is 1. The second kappa shape index (κ2) is 8.81. The monoisotopic (exact) mass is 374 g/mol. The summed E-state index contributed by atoms with van der Waals surface area (Å²) in [5.74, 6) is 0.868. The van der Waals surface area contributed by atoms with Crippen LogP contribution >= 0.6 is 0 Å². The topological polar surface area (TPSA) is 166 Å². The summed E-state index contributed by atoms with van der Waals surface area (Å²) in [5.41, 5.74) is 7.16. The molecule has 3 aromatic rings. The second-order valence-electron chi connectivity index (χ2n) is 6.07. The number of anilines is 2. The van der Waals surface area contributed by atoms with Gasteiger partial charge in [0.05, 0.1) is 29.2 Å². The Kier molecular flexibility index (Phi) is 6.50. The van der Waals surface area contributed by atoms with Gasteiger partial charge < -0.3 is 31.6 Å². The molecular weight excluding hydrogens is 352 g/mol. The summed E-state index contributed by atoms with van der Waals surface area (Å²) in [4.78, 5) is 31.3. The normalized spacial score (nSPS) is 11.7. The number of aliphatic hydroxyl groups excluding tert-OH is 1. The average molecular weight is 374 g/mol. The van der Waals surface area contributed by atoms with Crippen LogP contribution in [-0.2, 0) is 4.79 Å². The number of aromatic nitrogens is 3. The van der Waals surface area contributed by atoms with Crippen molar-refractivity contribution in [1.29, 1.82) is 0 Å². The van der Waals surface area contributed by atoms with Crippen LogP contribution in [0, 0.1) is 5.92 Å². The van der Waals surface area contributed by atoms with Crippen molar-refractivity contribution < 1.29 is 19.8 Å². The van der Waals surface area contributed by atoms with Crippen LogP contribution < -0.4 is 16.4 Å². The molecule has 2 amide bonds. The molecule has 144 valence electrons. The average Bonchev–Trinajstić information content (AvgIpc) is 3.00. The van der Waals surface area contributed by atoms with Crippen LogP contribution in [0.25, 0.3) is 21.9 Å². The molecular formula is C17H22N6O4. The Morgan fingerprint density at radius 2 is 2.07 bits per heavy atom. The molecule has 0 aliphatic carbocycles. The molecule has 0 fully saturated rings. The summed E-state index contributed by atoms with van der Waals surface area (Å²) in [5, 5.41) is 24.0. The van der Waals surface area contributed by atoms with E-state index < -0.39 is 6.03 Å². The first-order valence-corrected chi connectivity index (χ1v) is 8.20. The minimum atomic E-state index is -0.634. The number of aliphatic hydroxyl groups is 1. The minimum absolute atomic E-state index is 0.000000812. The Hall–Kier alpha value is -3.40. The predicted octanol–water partition coefficient (Wildman–Crippen LogP) is 1.73. The van der Waals surface area contributed by atoms with Crippen molar-refractivity contribution in [3.05, 3.63) is 24.5 Å². The van der Waals surface area contributed by atoms with Crippen LogP contribution in [0.4, 0.5) is 16.3 Å². The number of carbonyl (C=O) groups excluding carboxylic acids is 1. The lowest BCUT2D eigenvalue weighted by Crippen LogP contribution is -2.29. The highest BCUT2D eigenvalue weighted by atomic mass is 16.3. The Bertz CT molecular complexity index is 940. The summed E-state index contributed by atoms with van der Waals surface area (Å²) in [7, 11) is 0. The SMILES string of the molecule is CC(C)C(CO)Nc1ncnc2[nH]c3c(NC(N)=O)cccc3c12.O=CO. The van der Waals surface area contributed by atoms with Crippen LogP contribution in [0.2, 0.25) is 0 Å². The van der Waals surface area contributed by atoms with E-state index in [1.165, 1.54) is 6.33 Å². The molecule has 0 aliphatic rings. The second-order valence-corrected chi connectivity index (χ2v) is 6.07. The molecule has 2 aromatic heterocycles. The zero-order valence-corrected chi connectivity index (χ0v) is 14.9. The van der Waals surface area contributed by atoms with Crippen LogP contribution in [0.3, 0.4) is 0 Å². The number of carboxylic acid groups (broad SMARTS) is 1. The Balaban J connectivity index is 0.000000817. The van der Waals surface area contributed by atoms with Gasteiger partial charge in [0.2, 0.25) is 0 Å². The lowest BCUT2D eigenvalue weighted by Gasteiger charge is -2.20. The number of hydrogen-bond donors (Lipinski definition) is 6. The zero-order valence-electron chi connectivity index (χ0n) is 14.9. The molecule has 0 spiro atoms. The van der Waals surface area contributed by atoms with E-state index in [1.54, 1.807) is 6.07 Å². The molecule has 3 rings (SSSR count). The summed E-state index contributed by atoms with van der Waals surface area (Å²) in [6.45, 7) is 3.80. The third kappa shape index (κ3) is 4.42. The first-order chi connectivity index (χ1) is 12.9. The van der Waals surface area contributed by atoms with Gasteiger partial charge >= 0.3 is 6.03 Å². The number of nitrogens with zero attached hydrogens (tertiary/aromatic N) is 2. The van der Waals surface area contributed by atoms with E-state index in [0.717, 1.165) is 16.3 Å². The number of urea groups is 1. The molecule has 0 aliphatic heterocycles. The van der Waals surface area contributed by atoms with Crippen molar-refractivity contribution >= 4 is 45.9 Å². The van der Waals surface area contributed by atoms with Gasteiger partial charge in [0.25, 0.3) is 6.47 Å². The van der Waals surface area contributed by atoms with Crippen LogP contribution in [0.15, 0.2) is 24.5 Å². The number of rotatable bonds is 5. The van der Waals surface area contributed by atoms with Crippen molar-refractivity contribution in [3.8, 4) is 0 Å². The lowest BCUT2D eigenvalue weighted by molar-refractivity contribution is -0.122. The fourth-order valence-electron chi connectivity index (χ4n) is 2.69. The molecule has 1 aromatic carbocycles. The highest BCUT2D eigenvalue weighted by molar-refractivity contribution is 6.15. The van der Waals surface area contributed by atoms with Gasteiger partial charge in [0.1, 0.15) is 17.8 Å². The lowest BCUT2D eigenvalue weighted by atomic mass is 10.1. The van der Waals surface area contributed by atoms with Crippen molar-refractivity contribution in [2.75, 3.05) is 17.2 Å². The Morgan fingerprint density at radius 1 is 1.37 bits per heavy atom. The third-order valence-corrected chi connectivity index (χ3v) is 4.01. The van der Waals surface area contributed by atoms with E-state index in [0.29, 0.717) is 17.2 Å². The number of fused-ring (bicyclic) bond motifs is 3. The fourth-order valence-corrected chi connectivity index (χ4v) is 2.69. The van der Waals surface area contributed by atoms with Gasteiger partial charge in [-0.1, -0.05) is 26.0 Å². The summed E-state index contributed by atoms with van der Waals surface area (Å²) < 4.78 is 0. The maximum atomic E-state index is 11.2. The molecule has 0 bridgehead atoms. The molecule has 0 saturated carbocycles. The molecule has 10 heteroatoms. The maximum absolute atomic E-state index is 11.2. The number of para-hydroxylation sites is 1. The van der Waals surface area contributed by atoms with E-state index in [-0.39, 0.29) is 25.0 Å². The van der Waals surface area contributed by atoms with Gasteiger partial charge in [-0.05, 0) is 12.0 Å². The largest absolute Gasteiger partial charge is 0.483 e. The van der Waals surface area contributed by atoms with Gasteiger partial charge in [0, 0.05) is 5.39 Å². The van der Waals surface area contributed by atoms with Crippen molar-refractivity contribution in [2.45, 2.75) is 19.9 Å². The minimum Gasteiger partial charge on any atom is -0.483 e. The van der Waals surface area contributed by atoms with Gasteiger partial charge in [0.15, 0.2) is 0 Å². The van der Waals surface area contributed by atoms with E-state index in [1.807, 2.05) is 26.0 Å². The van der Waals surface area contributed by atoms with E-state index in [4.69, 9.17) is 15.6 Å². The molecule has 27 heavy (non-hydrogen) atoms. The third-order valence-electron chi connectivity index (χ3n) is 4.01. The molecule has 1 atom stereocenters. The number of nitrogens with two attached hydrogens (primary N) is 1. The number of aromatic amines is 1. The van der Waals surface area contributed by atoms with Gasteiger partial charge in [-0.2, -0.15) is 0 Å². The molecule has 0 saturated heterocycles. The van der Waals surface area contributed by atoms with E-state index >= 15 is 0 Å². The van der Waals surface area contributed by atoms with E-state index in [9.17, 15) is 9.90 Å². The molecule has 2 heterocycles. The Morgan fingerprint density at radius 3 is 2.67 bits per heavy atom. The quantitative estimate of drug-likeness (QED) is 0.370. The molecule has 0 radical (unpaired) electrons. The molecule has 10 nitrogen and oxygen atoms in total. The van der Waals surface area contributed by atoms with E-state index in [2.05, 4.69) is 25.6 Å². The van der Waals surface area contributed by atoms with Crippen LogP contribution in [-0.4, -0.2) is 50.3 Å². The number of carbonyl (C=O) groups is 2. The van der Waals surface area contributed by atoms with Crippen molar-refractivity contribution in [3.63, 3.8) is 0 Å². The van der Waals surface area contributed by atoms with Crippen molar-refractivity contribution in [1.82, 2.24) is 15.0 Å². The van der Waals surface area contributed by atoms with Gasteiger partial charge in [-0.3, -0.25) is 4.79 Å². The van der Waals surface area contributed by atoms with Crippen LogP contribution in [0.5, 0.6) is 0 Å². The molecule has 1 unspecified atom stereocenters.